The summed E-state index contributed by atoms with van der Waals surface area (Å²) >= 11 is 0. The number of imidazole rings is 1. The second-order valence-electron chi connectivity index (χ2n) is 7.93. The maximum Gasteiger partial charge on any atom is 0.270 e. The first-order chi connectivity index (χ1) is 15.4. The molecule has 168 valence electrons. The molecule has 1 amide bonds. The molecule has 0 spiro atoms. The Hall–Kier alpha value is -3.36. The Labute approximate surface area is 187 Å². The molecule has 3 aromatic rings. The van der Waals surface area contributed by atoms with Crippen molar-refractivity contribution in [3.8, 4) is 28.3 Å². The van der Waals surface area contributed by atoms with E-state index >= 15 is 0 Å². The Kier molecular flexibility index (Phi) is 6.16. The van der Waals surface area contributed by atoms with Gasteiger partial charge in [-0.3, -0.25) is 9.36 Å². The van der Waals surface area contributed by atoms with Gasteiger partial charge in [-0.05, 0) is 49.2 Å². The molecule has 32 heavy (non-hydrogen) atoms. The fourth-order valence-corrected chi connectivity index (χ4v) is 3.68. The fourth-order valence-electron chi connectivity index (χ4n) is 3.68. The smallest absolute Gasteiger partial charge is 0.270 e. The quantitative estimate of drug-likeness (QED) is 0.610. The summed E-state index contributed by atoms with van der Waals surface area (Å²) in [7, 11) is 3.22. The van der Waals surface area contributed by atoms with E-state index in [1.807, 2.05) is 56.3 Å². The molecule has 1 unspecified atom stereocenters. The first-order valence-corrected chi connectivity index (χ1v) is 10.4. The fraction of sp³-hybridized carbons (Fsp3) is 0.333. The molecule has 1 atom stereocenters. The number of carbonyl (C=O) groups is 1. The third kappa shape index (κ3) is 4.61. The minimum absolute atomic E-state index is 0.182. The number of nitrogens with one attached hydrogen (secondary N) is 1. The van der Waals surface area contributed by atoms with E-state index in [1.165, 1.54) is 0 Å². The third-order valence-electron chi connectivity index (χ3n) is 5.27. The van der Waals surface area contributed by atoms with E-state index in [1.54, 1.807) is 31.3 Å². The molecule has 8 nitrogen and oxygen atoms in total. The summed E-state index contributed by atoms with van der Waals surface area (Å²) < 4.78 is 23.8. The van der Waals surface area contributed by atoms with Crippen LogP contribution in [0.3, 0.4) is 0 Å². The molecule has 1 saturated heterocycles. The van der Waals surface area contributed by atoms with Gasteiger partial charge in [0.05, 0.1) is 33.4 Å². The van der Waals surface area contributed by atoms with Crippen molar-refractivity contribution in [3.05, 3.63) is 60.7 Å². The SMILES string of the molecule is COc1ccc(-c2cccc(-n3cncc3C(=O)NCC3COC(C)(C)O3)c2)cc1OC. The number of rotatable bonds is 7. The van der Waals surface area contributed by atoms with E-state index in [2.05, 4.69) is 10.3 Å². The summed E-state index contributed by atoms with van der Waals surface area (Å²) in [6.07, 6.45) is 2.99. The van der Waals surface area contributed by atoms with Crippen LogP contribution in [-0.2, 0) is 9.47 Å². The Morgan fingerprint density at radius 1 is 1.16 bits per heavy atom. The number of hydrogen-bond donors (Lipinski definition) is 1. The number of nitrogens with zero attached hydrogens (tertiary/aromatic N) is 2. The van der Waals surface area contributed by atoms with Gasteiger partial charge in [-0.15, -0.1) is 0 Å². The van der Waals surface area contributed by atoms with Crippen LogP contribution in [0.25, 0.3) is 16.8 Å². The second-order valence-corrected chi connectivity index (χ2v) is 7.93. The third-order valence-corrected chi connectivity index (χ3v) is 5.27. The summed E-state index contributed by atoms with van der Waals surface area (Å²) in [6, 6.07) is 13.6. The van der Waals surface area contributed by atoms with Gasteiger partial charge in [0.1, 0.15) is 11.8 Å². The van der Waals surface area contributed by atoms with Gasteiger partial charge < -0.3 is 24.3 Å². The van der Waals surface area contributed by atoms with Gasteiger partial charge in [0.25, 0.3) is 5.91 Å². The van der Waals surface area contributed by atoms with Crippen molar-refractivity contribution < 1.29 is 23.7 Å². The maximum atomic E-state index is 12.8. The highest BCUT2D eigenvalue weighted by Gasteiger charge is 2.32. The van der Waals surface area contributed by atoms with Crippen LogP contribution in [0.2, 0.25) is 0 Å². The highest BCUT2D eigenvalue weighted by atomic mass is 16.7. The highest BCUT2D eigenvalue weighted by molar-refractivity contribution is 5.93. The molecule has 4 rings (SSSR count). The molecular formula is C24H27N3O5. The Morgan fingerprint density at radius 3 is 2.66 bits per heavy atom. The predicted molar refractivity (Wildman–Crippen MR) is 119 cm³/mol. The highest BCUT2D eigenvalue weighted by Crippen LogP contribution is 2.33. The van der Waals surface area contributed by atoms with Gasteiger partial charge in [0.2, 0.25) is 0 Å². The molecule has 0 radical (unpaired) electrons. The predicted octanol–water partition coefficient (Wildman–Crippen LogP) is 3.44. The van der Waals surface area contributed by atoms with Crippen LogP contribution in [0.4, 0.5) is 0 Å². The normalized spacial score (nSPS) is 17.2. The maximum absolute atomic E-state index is 12.8. The number of hydrogen-bond acceptors (Lipinski definition) is 6. The van der Waals surface area contributed by atoms with Crippen LogP contribution in [-0.4, -0.2) is 54.7 Å². The number of benzene rings is 2. The number of amides is 1. The molecule has 8 heteroatoms. The van der Waals surface area contributed by atoms with Gasteiger partial charge in [0.15, 0.2) is 17.3 Å². The molecule has 1 aromatic heterocycles. The van der Waals surface area contributed by atoms with E-state index in [0.29, 0.717) is 30.3 Å². The van der Waals surface area contributed by atoms with Crippen LogP contribution in [0.5, 0.6) is 11.5 Å². The van der Waals surface area contributed by atoms with Crippen molar-refractivity contribution in [1.82, 2.24) is 14.9 Å². The molecule has 0 aliphatic carbocycles. The lowest BCUT2D eigenvalue weighted by Crippen LogP contribution is -2.35. The topological polar surface area (TPSA) is 83.8 Å². The van der Waals surface area contributed by atoms with Crippen molar-refractivity contribution in [2.24, 2.45) is 0 Å². The molecule has 0 saturated carbocycles. The molecular weight excluding hydrogens is 410 g/mol. The van der Waals surface area contributed by atoms with E-state index < -0.39 is 5.79 Å². The number of aromatic nitrogens is 2. The van der Waals surface area contributed by atoms with E-state index in [-0.39, 0.29) is 12.0 Å². The zero-order valence-corrected chi connectivity index (χ0v) is 18.6. The number of ether oxygens (including phenoxy) is 4. The van der Waals surface area contributed by atoms with Gasteiger partial charge in [-0.2, -0.15) is 0 Å². The van der Waals surface area contributed by atoms with Crippen LogP contribution >= 0.6 is 0 Å². The molecule has 1 aliphatic heterocycles. The van der Waals surface area contributed by atoms with Crippen molar-refractivity contribution in [3.63, 3.8) is 0 Å². The minimum atomic E-state index is -0.623. The average Bonchev–Trinajstić information content (AvgIpc) is 3.43. The van der Waals surface area contributed by atoms with Crippen LogP contribution in [0.1, 0.15) is 24.3 Å². The zero-order valence-electron chi connectivity index (χ0n) is 18.6. The van der Waals surface area contributed by atoms with Crippen LogP contribution < -0.4 is 14.8 Å². The Bertz CT molecular complexity index is 1110. The first kappa shape index (κ1) is 21.9. The van der Waals surface area contributed by atoms with Crippen molar-refractivity contribution >= 4 is 5.91 Å². The van der Waals surface area contributed by atoms with E-state index in [9.17, 15) is 4.79 Å². The van der Waals surface area contributed by atoms with Gasteiger partial charge in [-0.25, -0.2) is 4.98 Å². The number of methoxy groups -OCH3 is 2. The van der Waals surface area contributed by atoms with E-state index in [4.69, 9.17) is 18.9 Å². The monoisotopic (exact) mass is 437 g/mol. The average molecular weight is 437 g/mol. The molecule has 1 fully saturated rings. The second kappa shape index (κ2) is 9.02. The van der Waals surface area contributed by atoms with Crippen LogP contribution in [0.15, 0.2) is 55.0 Å². The summed E-state index contributed by atoms with van der Waals surface area (Å²) in [5.74, 6) is 0.467. The van der Waals surface area contributed by atoms with Gasteiger partial charge in [0, 0.05) is 12.2 Å². The lowest BCUT2D eigenvalue weighted by molar-refractivity contribution is -0.137. The van der Waals surface area contributed by atoms with Crippen molar-refractivity contribution in [1.29, 1.82) is 0 Å². The first-order valence-electron chi connectivity index (χ1n) is 10.4. The lowest BCUT2D eigenvalue weighted by atomic mass is 10.0. The standard InChI is InChI=1S/C24H27N3O5/c1-24(2)31-14-19(32-24)12-26-23(28)20-13-25-15-27(20)18-7-5-6-16(10-18)17-8-9-21(29-3)22(11-17)30-4/h5-11,13,15,19H,12,14H2,1-4H3,(H,26,28). The van der Waals surface area contributed by atoms with Crippen LogP contribution in [0, 0.1) is 0 Å². The minimum Gasteiger partial charge on any atom is -0.493 e. The van der Waals surface area contributed by atoms with Gasteiger partial charge >= 0.3 is 0 Å². The number of carbonyl (C=O) groups excluding carboxylic acids is 1. The molecule has 2 aromatic carbocycles. The molecule has 0 bridgehead atoms. The van der Waals surface area contributed by atoms with Crippen molar-refractivity contribution in [2.75, 3.05) is 27.4 Å². The summed E-state index contributed by atoms with van der Waals surface area (Å²) in [5.41, 5.74) is 3.20. The molecule has 2 heterocycles. The zero-order chi connectivity index (χ0) is 22.7. The Balaban J connectivity index is 1.53. The Morgan fingerprint density at radius 2 is 1.94 bits per heavy atom. The van der Waals surface area contributed by atoms with Gasteiger partial charge in [-0.1, -0.05) is 18.2 Å². The molecule has 1 aliphatic rings. The largest absolute Gasteiger partial charge is 0.493 e. The van der Waals surface area contributed by atoms with Crippen molar-refractivity contribution in [2.45, 2.75) is 25.7 Å². The summed E-state index contributed by atoms with van der Waals surface area (Å²) in [4.78, 5) is 17.0. The summed E-state index contributed by atoms with van der Waals surface area (Å²) in [5, 5.41) is 2.91. The molecule has 1 N–H and O–H groups in total. The lowest BCUT2D eigenvalue weighted by Gasteiger charge is -2.17. The summed E-state index contributed by atoms with van der Waals surface area (Å²) in [6.45, 7) is 4.52. The van der Waals surface area contributed by atoms with E-state index in [0.717, 1.165) is 16.8 Å².